The number of likely N-dealkylation sites (N-methyl/N-ethyl adjacent to an activating group) is 1. The molecule has 0 bridgehead atoms. The molecule has 112 valence electrons. The van der Waals surface area contributed by atoms with Gasteiger partial charge in [0.05, 0.1) is 5.60 Å². The van der Waals surface area contributed by atoms with E-state index in [4.69, 9.17) is 16.3 Å². The zero-order valence-electron chi connectivity index (χ0n) is 12.2. The molecule has 1 saturated carbocycles. The summed E-state index contributed by atoms with van der Waals surface area (Å²) in [5, 5.41) is 3.98. The second kappa shape index (κ2) is 6.88. The van der Waals surface area contributed by atoms with Crippen LogP contribution in [0.1, 0.15) is 38.2 Å². The van der Waals surface area contributed by atoms with Crippen LogP contribution in [0.4, 0.5) is 4.39 Å². The minimum absolute atomic E-state index is 0.140. The molecule has 20 heavy (non-hydrogen) atoms. The van der Waals surface area contributed by atoms with E-state index in [0.29, 0.717) is 18.1 Å². The van der Waals surface area contributed by atoms with Crippen LogP contribution in [0, 0.1) is 5.82 Å². The summed E-state index contributed by atoms with van der Waals surface area (Å²) in [4.78, 5) is 0. The first-order chi connectivity index (χ1) is 9.61. The van der Waals surface area contributed by atoms with Crippen molar-refractivity contribution in [2.24, 2.45) is 0 Å². The van der Waals surface area contributed by atoms with Gasteiger partial charge in [-0.2, -0.15) is 0 Å². The van der Waals surface area contributed by atoms with Crippen molar-refractivity contribution in [3.05, 3.63) is 34.6 Å². The summed E-state index contributed by atoms with van der Waals surface area (Å²) < 4.78 is 19.5. The van der Waals surface area contributed by atoms with E-state index in [1.54, 1.807) is 6.07 Å². The highest BCUT2D eigenvalue weighted by Gasteiger charge is 2.41. The zero-order chi connectivity index (χ0) is 14.6. The van der Waals surface area contributed by atoms with Crippen LogP contribution in [0.5, 0.6) is 0 Å². The Bertz CT molecular complexity index is 446. The third kappa shape index (κ3) is 3.33. The third-order valence-corrected chi connectivity index (χ3v) is 4.67. The maximum Gasteiger partial charge on any atom is 0.123 e. The molecule has 1 aliphatic carbocycles. The highest BCUT2D eigenvalue weighted by Crippen LogP contribution is 2.38. The zero-order valence-corrected chi connectivity index (χ0v) is 13.0. The lowest BCUT2D eigenvalue weighted by atomic mass is 9.87. The highest BCUT2D eigenvalue weighted by molar-refractivity contribution is 6.31. The highest BCUT2D eigenvalue weighted by atomic mass is 35.5. The van der Waals surface area contributed by atoms with Crippen LogP contribution in [0.2, 0.25) is 5.02 Å². The standard InChI is InChI=1S/C16H23ClFNO/c1-3-20-16(8-4-5-9-16)15(19-2)11-12-10-13(18)6-7-14(12)17/h6-7,10,15,19H,3-5,8-9,11H2,1-2H3. The first-order valence-electron chi connectivity index (χ1n) is 7.36. The van der Waals surface area contributed by atoms with Crippen molar-refractivity contribution in [2.45, 2.75) is 50.7 Å². The molecule has 1 aromatic carbocycles. The second-order valence-electron chi connectivity index (χ2n) is 5.49. The van der Waals surface area contributed by atoms with E-state index in [2.05, 4.69) is 5.32 Å². The fourth-order valence-electron chi connectivity index (χ4n) is 3.33. The van der Waals surface area contributed by atoms with Crippen LogP contribution >= 0.6 is 11.6 Å². The number of hydrogen-bond donors (Lipinski definition) is 1. The maximum atomic E-state index is 13.4. The molecule has 0 amide bonds. The average molecular weight is 300 g/mol. The van der Waals surface area contributed by atoms with Gasteiger partial charge in [0.1, 0.15) is 5.82 Å². The predicted molar refractivity (Wildman–Crippen MR) is 80.8 cm³/mol. The Kier molecular flexibility index (Phi) is 5.42. The Labute approximate surface area is 125 Å². The van der Waals surface area contributed by atoms with Gasteiger partial charge in [-0.1, -0.05) is 24.4 Å². The minimum atomic E-state index is -0.240. The van der Waals surface area contributed by atoms with Crippen molar-refractivity contribution < 1.29 is 9.13 Å². The molecule has 0 aromatic heterocycles. The maximum absolute atomic E-state index is 13.4. The summed E-state index contributed by atoms with van der Waals surface area (Å²) in [6, 6.07) is 4.71. The second-order valence-corrected chi connectivity index (χ2v) is 5.89. The van der Waals surface area contributed by atoms with Crippen LogP contribution < -0.4 is 5.32 Å². The fraction of sp³-hybridized carbons (Fsp3) is 0.625. The number of ether oxygens (including phenoxy) is 1. The summed E-state index contributed by atoms with van der Waals surface area (Å²) >= 11 is 6.19. The molecule has 0 spiro atoms. The van der Waals surface area contributed by atoms with Crippen molar-refractivity contribution in [1.82, 2.24) is 5.32 Å². The van der Waals surface area contributed by atoms with Crippen LogP contribution in [-0.4, -0.2) is 25.3 Å². The van der Waals surface area contributed by atoms with Crippen LogP contribution in [0.15, 0.2) is 18.2 Å². The molecule has 1 atom stereocenters. The van der Waals surface area contributed by atoms with Crippen molar-refractivity contribution in [1.29, 1.82) is 0 Å². The number of benzene rings is 1. The molecule has 4 heteroatoms. The van der Waals surface area contributed by atoms with E-state index in [1.165, 1.54) is 25.0 Å². The summed E-state index contributed by atoms with van der Waals surface area (Å²) in [7, 11) is 1.94. The molecule has 0 saturated heterocycles. The monoisotopic (exact) mass is 299 g/mol. The molecule has 1 aromatic rings. The lowest BCUT2D eigenvalue weighted by Gasteiger charge is -2.37. The van der Waals surface area contributed by atoms with Gasteiger partial charge in [0.25, 0.3) is 0 Å². The molecule has 2 rings (SSSR count). The van der Waals surface area contributed by atoms with E-state index in [-0.39, 0.29) is 17.5 Å². The van der Waals surface area contributed by atoms with Crippen molar-refractivity contribution >= 4 is 11.6 Å². The number of rotatable bonds is 6. The minimum Gasteiger partial charge on any atom is -0.374 e. The Hall–Kier alpha value is -0.640. The smallest absolute Gasteiger partial charge is 0.123 e. The van der Waals surface area contributed by atoms with Gasteiger partial charge in [0, 0.05) is 17.7 Å². The fourth-order valence-corrected chi connectivity index (χ4v) is 3.52. The Morgan fingerprint density at radius 3 is 2.70 bits per heavy atom. The third-order valence-electron chi connectivity index (χ3n) is 4.30. The molecule has 1 unspecified atom stereocenters. The predicted octanol–water partition coefficient (Wildman–Crippen LogP) is 3.96. The molecule has 2 nitrogen and oxygen atoms in total. The largest absolute Gasteiger partial charge is 0.374 e. The molecule has 1 fully saturated rings. The quantitative estimate of drug-likeness (QED) is 0.858. The van der Waals surface area contributed by atoms with Crippen molar-refractivity contribution in [3.63, 3.8) is 0 Å². The van der Waals surface area contributed by atoms with Gasteiger partial charge in [0.15, 0.2) is 0 Å². The average Bonchev–Trinajstić information content (AvgIpc) is 2.89. The van der Waals surface area contributed by atoms with E-state index < -0.39 is 0 Å². The van der Waals surface area contributed by atoms with Crippen molar-refractivity contribution in [2.75, 3.05) is 13.7 Å². The summed E-state index contributed by atoms with van der Waals surface area (Å²) in [5.74, 6) is -0.240. The van der Waals surface area contributed by atoms with Gasteiger partial charge in [-0.15, -0.1) is 0 Å². The van der Waals surface area contributed by atoms with Crippen molar-refractivity contribution in [3.8, 4) is 0 Å². The molecular weight excluding hydrogens is 277 g/mol. The van der Waals surface area contributed by atoms with E-state index in [0.717, 1.165) is 18.4 Å². The summed E-state index contributed by atoms with van der Waals surface area (Å²) in [6.45, 7) is 2.73. The normalized spacial score (nSPS) is 19.2. The van der Waals surface area contributed by atoms with E-state index >= 15 is 0 Å². The van der Waals surface area contributed by atoms with E-state index in [1.807, 2.05) is 14.0 Å². The number of nitrogens with one attached hydrogen (secondary N) is 1. The van der Waals surface area contributed by atoms with Gasteiger partial charge in [-0.05, 0) is 57.0 Å². The van der Waals surface area contributed by atoms with Crippen LogP contribution in [0.25, 0.3) is 0 Å². The SMILES string of the molecule is CCOC1(C(Cc2cc(F)ccc2Cl)NC)CCCC1. The van der Waals surface area contributed by atoms with Gasteiger partial charge in [-0.3, -0.25) is 0 Å². The molecule has 1 N–H and O–H groups in total. The summed E-state index contributed by atoms with van der Waals surface area (Å²) in [5.41, 5.74) is 0.705. The van der Waals surface area contributed by atoms with Crippen LogP contribution in [-0.2, 0) is 11.2 Å². The first kappa shape index (κ1) is 15.7. The van der Waals surface area contributed by atoms with E-state index in [9.17, 15) is 4.39 Å². The molecule has 0 aliphatic heterocycles. The summed E-state index contributed by atoms with van der Waals surface area (Å²) in [6.07, 6.45) is 5.18. The number of hydrogen-bond acceptors (Lipinski definition) is 2. The Balaban J connectivity index is 2.21. The Morgan fingerprint density at radius 1 is 1.40 bits per heavy atom. The topological polar surface area (TPSA) is 21.3 Å². The Morgan fingerprint density at radius 2 is 2.10 bits per heavy atom. The van der Waals surface area contributed by atoms with Gasteiger partial charge < -0.3 is 10.1 Å². The first-order valence-corrected chi connectivity index (χ1v) is 7.74. The molecule has 0 heterocycles. The van der Waals surface area contributed by atoms with Crippen LogP contribution in [0.3, 0.4) is 0 Å². The lowest BCUT2D eigenvalue weighted by molar-refractivity contribution is -0.0597. The van der Waals surface area contributed by atoms with Gasteiger partial charge in [0.2, 0.25) is 0 Å². The lowest BCUT2D eigenvalue weighted by Crippen LogP contribution is -2.51. The molecule has 1 aliphatic rings. The molecular formula is C16H23ClFNO. The molecule has 0 radical (unpaired) electrons. The van der Waals surface area contributed by atoms with Gasteiger partial charge >= 0.3 is 0 Å². The number of halogens is 2. The van der Waals surface area contributed by atoms with Gasteiger partial charge in [-0.25, -0.2) is 4.39 Å².